The summed E-state index contributed by atoms with van der Waals surface area (Å²) < 4.78 is 11.5. The summed E-state index contributed by atoms with van der Waals surface area (Å²) in [5.41, 5.74) is 2.28. The van der Waals surface area contributed by atoms with Gasteiger partial charge in [-0.1, -0.05) is 46.5 Å². The van der Waals surface area contributed by atoms with E-state index >= 15 is 0 Å². The van der Waals surface area contributed by atoms with E-state index in [1.807, 2.05) is 48.5 Å². The van der Waals surface area contributed by atoms with Gasteiger partial charge in [-0.05, 0) is 30.3 Å². The van der Waals surface area contributed by atoms with E-state index in [2.05, 4.69) is 31.0 Å². The number of carbonyl (C=O) groups excluding carboxylic acids is 1. The first-order valence-electron chi connectivity index (χ1n) is 9.17. The van der Waals surface area contributed by atoms with E-state index < -0.39 is 0 Å². The third-order valence-electron chi connectivity index (χ3n) is 3.98. The second-order valence-corrected chi connectivity index (χ2v) is 8.46. The van der Waals surface area contributed by atoms with Gasteiger partial charge in [-0.2, -0.15) is 4.98 Å². The number of benzene rings is 2. The first-order valence-corrected chi connectivity index (χ1v) is 11.0. The summed E-state index contributed by atoms with van der Waals surface area (Å²) in [6, 6.07) is 14.9. The SMILES string of the molecule is COc1ccccc1-c1noc(CSc2nnc(Nc3cccc(NC(C)=O)c3)s2)n1. The fraction of sp³-hybridized carbons (Fsp3) is 0.150. The van der Waals surface area contributed by atoms with Crippen molar-refractivity contribution in [2.75, 3.05) is 17.7 Å². The smallest absolute Gasteiger partial charge is 0.237 e. The minimum atomic E-state index is -0.123. The van der Waals surface area contributed by atoms with Crippen LogP contribution in [0.2, 0.25) is 0 Å². The molecule has 0 saturated carbocycles. The third-order valence-corrected chi connectivity index (χ3v) is 5.93. The number of amides is 1. The van der Waals surface area contributed by atoms with Crippen LogP contribution in [0, 0.1) is 0 Å². The molecule has 2 aromatic heterocycles. The van der Waals surface area contributed by atoms with Crippen LogP contribution in [0.4, 0.5) is 16.5 Å². The van der Waals surface area contributed by atoms with Crippen molar-refractivity contribution in [3.05, 3.63) is 54.4 Å². The maximum Gasteiger partial charge on any atom is 0.237 e. The Morgan fingerprint density at radius 3 is 2.84 bits per heavy atom. The highest BCUT2D eigenvalue weighted by atomic mass is 32.2. The van der Waals surface area contributed by atoms with Crippen molar-refractivity contribution >= 4 is 45.5 Å². The van der Waals surface area contributed by atoms with Gasteiger partial charge < -0.3 is 19.9 Å². The summed E-state index contributed by atoms with van der Waals surface area (Å²) in [4.78, 5) is 15.7. The minimum Gasteiger partial charge on any atom is -0.496 e. The number of para-hydroxylation sites is 1. The summed E-state index contributed by atoms with van der Waals surface area (Å²) in [6.45, 7) is 1.47. The Bertz CT molecular complexity index is 1190. The molecule has 2 aromatic carbocycles. The van der Waals surface area contributed by atoms with Crippen molar-refractivity contribution in [2.45, 2.75) is 17.0 Å². The van der Waals surface area contributed by atoms with Gasteiger partial charge >= 0.3 is 0 Å². The van der Waals surface area contributed by atoms with E-state index in [0.29, 0.717) is 34.0 Å². The molecule has 11 heteroatoms. The highest BCUT2D eigenvalue weighted by Gasteiger charge is 2.14. The summed E-state index contributed by atoms with van der Waals surface area (Å²) in [5, 5.41) is 19.0. The largest absolute Gasteiger partial charge is 0.496 e. The molecule has 158 valence electrons. The van der Waals surface area contributed by atoms with Gasteiger partial charge in [-0.25, -0.2) is 0 Å². The third kappa shape index (κ3) is 5.38. The number of anilines is 3. The first kappa shape index (κ1) is 20.8. The molecule has 0 aliphatic rings. The van der Waals surface area contributed by atoms with Gasteiger partial charge in [0.15, 0.2) is 4.34 Å². The fourth-order valence-electron chi connectivity index (χ4n) is 2.70. The van der Waals surface area contributed by atoms with Crippen LogP contribution < -0.4 is 15.4 Å². The highest BCUT2D eigenvalue weighted by molar-refractivity contribution is 8.00. The lowest BCUT2D eigenvalue weighted by Gasteiger charge is -2.05. The molecule has 0 saturated heterocycles. The molecule has 31 heavy (non-hydrogen) atoms. The first-order chi connectivity index (χ1) is 15.1. The Hall–Kier alpha value is -3.44. The van der Waals surface area contributed by atoms with Gasteiger partial charge in [0.05, 0.1) is 18.4 Å². The van der Waals surface area contributed by atoms with Crippen molar-refractivity contribution in [3.8, 4) is 17.1 Å². The van der Waals surface area contributed by atoms with Crippen molar-refractivity contribution in [2.24, 2.45) is 0 Å². The molecule has 1 amide bonds. The van der Waals surface area contributed by atoms with Gasteiger partial charge in [0.25, 0.3) is 0 Å². The second kappa shape index (κ2) is 9.58. The summed E-state index contributed by atoms with van der Waals surface area (Å²) >= 11 is 2.86. The molecule has 2 heterocycles. The van der Waals surface area contributed by atoms with Crippen molar-refractivity contribution in [1.82, 2.24) is 20.3 Å². The predicted molar refractivity (Wildman–Crippen MR) is 120 cm³/mol. The molecular weight excluding hydrogens is 436 g/mol. The number of thioether (sulfide) groups is 1. The minimum absolute atomic E-state index is 0.123. The predicted octanol–water partition coefficient (Wildman–Crippen LogP) is 4.59. The maximum atomic E-state index is 11.2. The number of hydrogen-bond acceptors (Lipinski definition) is 10. The number of hydrogen-bond donors (Lipinski definition) is 2. The van der Waals surface area contributed by atoms with E-state index in [4.69, 9.17) is 9.26 Å². The van der Waals surface area contributed by atoms with Crippen LogP contribution in [0.15, 0.2) is 57.4 Å². The molecule has 0 aliphatic carbocycles. The van der Waals surface area contributed by atoms with Crippen LogP contribution in [0.5, 0.6) is 5.75 Å². The maximum absolute atomic E-state index is 11.2. The molecule has 4 aromatic rings. The molecule has 0 atom stereocenters. The molecule has 9 nitrogen and oxygen atoms in total. The number of ether oxygens (including phenoxy) is 1. The van der Waals surface area contributed by atoms with Gasteiger partial charge in [0, 0.05) is 18.3 Å². The molecule has 0 bridgehead atoms. The van der Waals surface area contributed by atoms with Crippen LogP contribution in [0.1, 0.15) is 12.8 Å². The zero-order valence-corrected chi connectivity index (χ0v) is 18.3. The Morgan fingerprint density at radius 2 is 2.00 bits per heavy atom. The number of aromatic nitrogens is 4. The lowest BCUT2D eigenvalue weighted by atomic mass is 10.2. The molecule has 0 radical (unpaired) electrons. The van der Waals surface area contributed by atoms with Gasteiger partial charge in [0.2, 0.25) is 22.8 Å². The number of nitrogens with one attached hydrogen (secondary N) is 2. The molecule has 2 N–H and O–H groups in total. The van der Waals surface area contributed by atoms with Crippen molar-refractivity contribution in [1.29, 1.82) is 0 Å². The summed E-state index contributed by atoms with van der Waals surface area (Å²) in [6.07, 6.45) is 0. The fourth-order valence-corrected chi connectivity index (χ4v) is 4.31. The summed E-state index contributed by atoms with van der Waals surface area (Å²) in [7, 11) is 1.60. The Balaban J connectivity index is 1.37. The quantitative estimate of drug-likeness (QED) is 0.369. The lowest BCUT2D eigenvalue weighted by Crippen LogP contribution is -2.05. The van der Waals surface area contributed by atoms with E-state index in [0.717, 1.165) is 15.6 Å². The zero-order valence-electron chi connectivity index (χ0n) is 16.7. The van der Waals surface area contributed by atoms with Crippen LogP contribution in [0.25, 0.3) is 11.4 Å². The van der Waals surface area contributed by atoms with E-state index in [1.54, 1.807) is 7.11 Å². The molecular formula is C20H18N6O3S2. The van der Waals surface area contributed by atoms with E-state index in [1.165, 1.54) is 30.0 Å². The average molecular weight is 455 g/mol. The molecule has 0 aliphatic heterocycles. The number of nitrogens with zero attached hydrogens (tertiary/aromatic N) is 4. The van der Waals surface area contributed by atoms with E-state index in [9.17, 15) is 4.79 Å². The van der Waals surface area contributed by atoms with Crippen LogP contribution in [-0.2, 0) is 10.5 Å². The van der Waals surface area contributed by atoms with Gasteiger partial charge in [-0.3, -0.25) is 4.79 Å². The normalized spacial score (nSPS) is 10.6. The van der Waals surface area contributed by atoms with Crippen LogP contribution in [-0.4, -0.2) is 33.4 Å². The highest BCUT2D eigenvalue weighted by Crippen LogP contribution is 2.31. The Kier molecular flexibility index (Phi) is 6.43. The average Bonchev–Trinajstić information content (AvgIpc) is 3.41. The Morgan fingerprint density at radius 1 is 1.16 bits per heavy atom. The van der Waals surface area contributed by atoms with Crippen molar-refractivity contribution < 1.29 is 14.1 Å². The van der Waals surface area contributed by atoms with E-state index in [-0.39, 0.29) is 5.91 Å². The standard InChI is InChI=1S/C20H18N6O3S2/c1-12(27)21-13-6-5-7-14(10-13)22-19-24-25-20(31-19)30-11-17-23-18(26-29-17)15-8-3-4-9-16(15)28-2/h3-10H,11H2,1-2H3,(H,21,27)(H,22,24). The lowest BCUT2D eigenvalue weighted by molar-refractivity contribution is -0.114. The Labute approximate surface area is 186 Å². The van der Waals surface area contributed by atoms with Crippen molar-refractivity contribution in [3.63, 3.8) is 0 Å². The monoisotopic (exact) mass is 454 g/mol. The molecule has 0 unspecified atom stereocenters. The van der Waals surface area contributed by atoms with Crippen LogP contribution in [0.3, 0.4) is 0 Å². The second-order valence-electron chi connectivity index (χ2n) is 6.26. The number of rotatable bonds is 8. The number of carbonyl (C=O) groups is 1. The number of methoxy groups -OCH3 is 1. The molecule has 0 spiro atoms. The van der Waals surface area contributed by atoms with Gasteiger partial charge in [0.1, 0.15) is 5.75 Å². The molecule has 0 fully saturated rings. The zero-order chi connectivity index (χ0) is 21.6. The van der Waals surface area contributed by atoms with Crippen LogP contribution >= 0.6 is 23.1 Å². The summed E-state index contributed by atoms with van der Waals surface area (Å²) in [5.74, 6) is 1.99. The topological polar surface area (TPSA) is 115 Å². The van der Waals surface area contributed by atoms with Gasteiger partial charge in [-0.15, -0.1) is 10.2 Å². The molecule has 4 rings (SSSR count).